The molecule has 1 aliphatic carbocycles. The van der Waals surface area contributed by atoms with Gasteiger partial charge in [0.05, 0.1) is 4.90 Å². The summed E-state index contributed by atoms with van der Waals surface area (Å²) in [7, 11) is 1.41. The fraction of sp³-hybridized carbons (Fsp3) is 0.417. The summed E-state index contributed by atoms with van der Waals surface area (Å²) in [6.07, 6.45) is 0.937. The Balaban J connectivity index is 2.36. The third-order valence-electron chi connectivity index (χ3n) is 3.25. The van der Waals surface area contributed by atoms with Gasteiger partial charge in [-0.1, -0.05) is 18.5 Å². The number of amides is 1. The van der Waals surface area contributed by atoms with Gasteiger partial charge in [-0.2, -0.15) is 0 Å². The van der Waals surface area contributed by atoms with E-state index < -0.39 is 9.05 Å². The molecule has 1 N–H and O–H groups in total. The topological polar surface area (TPSA) is 63.2 Å². The van der Waals surface area contributed by atoms with Crippen LogP contribution in [0.2, 0.25) is 5.02 Å². The summed E-state index contributed by atoms with van der Waals surface area (Å²) in [5.41, 5.74) is 0.543. The minimum absolute atomic E-state index is 0.129. The minimum atomic E-state index is -3.93. The lowest BCUT2D eigenvalue weighted by atomic mass is 10.1. The third-order valence-corrected chi connectivity index (χ3v) is 5.09. The lowest BCUT2D eigenvalue weighted by molar-refractivity contribution is 0.0949. The van der Waals surface area contributed by atoms with Crippen molar-refractivity contribution >= 4 is 37.2 Å². The Morgan fingerprint density at radius 2 is 2.00 bits per heavy atom. The number of hydrogen-bond donors (Lipinski definition) is 1. The van der Waals surface area contributed by atoms with E-state index in [0.717, 1.165) is 6.42 Å². The van der Waals surface area contributed by atoms with Crippen LogP contribution in [0.3, 0.4) is 0 Å². The van der Waals surface area contributed by atoms with E-state index in [1.165, 1.54) is 12.1 Å². The van der Waals surface area contributed by atoms with Crippen molar-refractivity contribution in [2.75, 3.05) is 0 Å². The molecule has 1 amide bonds. The molecule has 0 spiro atoms. The molecule has 104 valence electrons. The number of carbonyl (C=O) groups excluding carboxylic acids is 1. The quantitative estimate of drug-likeness (QED) is 0.870. The predicted octanol–water partition coefficient (Wildman–Crippen LogP) is 2.71. The number of nitrogens with one attached hydrogen (secondary N) is 1. The number of benzene rings is 1. The van der Waals surface area contributed by atoms with Crippen LogP contribution in [0.25, 0.3) is 0 Å². The molecule has 0 bridgehead atoms. The van der Waals surface area contributed by atoms with Gasteiger partial charge in [0.25, 0.3) is 15.0 Å². The first-order valence-corrected chi connectivity index (χ1v) is 8.44. The second-order valence-corrected chi connectivity index (χ2v) is 7.75. The molecule has 0 aromatic heterocycles. The summed E-state index contributed by atoms with van der Waals surface area (Å²) < 4.78 is 22.9. The van der Waals surface area contributed by atoms with Gasteiger partial charge >= 0.3 is 0 Å². The van der Waals surface area contributed by atoms with Crippen molar-refractivity contribution in [2.45, 2.75) is 31.2 Å². The van der Waals surface area contributed by atoms with Crippen molar-refractivity contribution in [1.82, 2.24) is 5.32 Å². The van der Waals surface area contributed by atoms with Crippen LogP contribution in [0.15, 0.2) is 17.0 Å². The van der Waals surface area contributed by atoms with Crippen molar-refractivity contribution in [1.29, 1.82) is 0 Å². The van der Waals surface area contributed by atoms with Crippen molar-refractivity contribution in [3.05, 3.63) is 28.3 Å². The van der Waals surface area contributed by atoms with Crippen LogP contribution in [0, 0.1) is 12.8 Å². The summed E-state index contributed by atoms with van der Waals surface area (Å²) in [5.74, 6) is 0.124. The Morgan fingerprint density at radius 1 is 1.42 bits per heavy atom. The zero-order valence-electron chi connectivity index (χ0n) is 10.4. The van der Waals surface area contributed by atoms with Crippen LogP contribution in [0.1, 0.15) is 29.3 Å². The molecule has 0 radical (unpaired) electrons. The highest BCUT2D eigenvalue weighted by atomic mass is 35.7. The summed E-state index contributed by atoms with van der Waals surface area (Å²) >= 11 is 5.95. The minimum Gasteiger partial charge on any atom is -0.349 e. The second-order valence-electron chi connectivity index (χ2n) is 4.81. The number of rotatable bonds is 3. The molecule has 2 unspecified atom stereocenters. The average molecular weight is 322 g/mol. The molecule has 7 heteroatoms. The zero-order valence-corrected chi connectivity index (χ0v) is 12.7. The maximum Gasteiger partial charge on any atom is 0.261 e. The molecule has 2 rings (SSSR count). The highest BCUT2D eigenvalue weighted by Gasteiger charge is 2.34. The molecule has 1 saturated carbocycles. The van der Waals surface area contributed by atoms with Crippen LogP contribution < -0.4 is 5.32 Å². The molecule has 4 nitrogen and oxygen atoms in total. The monoisotopic (exact) mass is 321 g/mol. The molecule has 2 atom stereocenters. The van der Waals surface area contributed by atoms with Crippen LogP contribution in [0.4, 0.5) is 0 Å². The normalized spacial score (nSPS) is 22.1. The Labute approximate surface area is 121 Å². The molecular formula is C12H13Cl2NO3S. The first kappa shape index (κ1) is 14.6. The van der Waals surface area contributed by atoms with E-state index in [9.17, 15) is 13.2 Å². The van der Waals surface area contributed by atoms with E-state index >= 15 is 0 Å². The average Bonchev–Trinajstić information content (AvgIpc) is 2.96. The van der Waals surface area contributed by atoms with Crippen molar-refractivity contribution in [2.24, 2.45) is 5.92 Å². The van der Waals surface area contributed by atoms with Crippen LogP contribution in [0.5, 0.6) is 0 Å². The van der Waals surface area contributed by atoms with Gasteiger partial charge in [0, 0.05) is 27.3 Å². The maximum absolute atomic E-state index is 12.0. The van der Waals surface area contributed by atoms with Crippen molar-refractivity contribution in [3.8, 4) is 0 Å². The van der Waals surface area contributed by atoms with Crippen molar-refractivity contribution in [3.63, 3.8) is 0 Å². The molecule has 1 aliphatic rings. The Morgan fingerprint density at radius 3 is 2.47 bits per heavy atom. The molecule has 1 aromatic rings. The summed E-state index contributed by atoms with van der Waals surface area (Å²) in [6, 6.07) is 2.86. The summed E-state index contributed by atoms with van der Waals surface area (Å²) in [4.78, 5) is 11.8. The summed E-state index contributed by atoms with van der Waals surface area (Å²) in [6.45, 7) is 3.57. The maximum atomic E-state index is 12.0. The SMILES string of the molecule is Cc1c(Cl)cc(C(=O)NC2CC2C)cc1S(=O)(=O)Cl. The highest BCUT2D eigenvalue weighted by molar-refractivity contribution is 8.13. The zero-order chi connectivity index (χ0) is 14.4. The van der Waals surface area contributed by atoms with Gasteiger partial charge in [0.15, 0.2) is 0 Å². The Hall–Kier alpha value is -0.780. The first-order chi connectivity index (χ1) is 8.70. The standard InChI is InChI=1S/C12H13Cl2NO3S/c1-6-3-10(6)15-12(16)8-4-9(13)7(2)11(5-8)19(14,17)18/h4-6,10H,3H2,1-2H3,(H,15,16). The molecule has 1 fully saturated rings. The summed E-state index contributed by atoms with van der Waals surface area (Å²) in [5, 5.41) is 3.01. The van der Waals surface area contributed by atoms with E-state index in [1.807, 2.05) is 6.92 Å². The van der Waals surface area contributed by atoms with Gasteiger partial charge in [-0.15, -0.1) is 0 Å². The number of hydrogen-bond acceptors (Lipinski definition) is 3. The second kappa shape index (κ2) is 4.96. The Bertz CT molecular complexity index is 643. The predicted molar refractivity (Wildman–Crippen MR) is 74.3 cm³/mol. The lowest BCUT2D eigenvalue weighted by Crippen LogP contribution is -2.26. The van der Waals surface area contributed by atoms with Crippen LogP contribution in [-0.4, -0.2) is 20.4 Å². The number of halogens is 2. The largest absolute Gasteiger partial charge is 0.349 e. The van der Waals surface area contributed by atoms with Crippen LogP contribution in [-0.2, 0) is 9.05 Å². The van der Waals surface area contributed by atoms with Gasteiger partial charge in [-0.05, 0) is 37.0 Å². The van der Waals surface area contributed by atoms with E-state index in [2.05, 4.69) is 5.32 Å². The van der Waals surface area contributed by atoms with E-state index in [0.29, 0.717) is 11.5 Å². The molecule has 0 aliphatic heterocycles. The van der Waals surface area contributed by atoms with Crippen LogP contribution >= 0.6 is 22.3 Å². The fourth-order valence-electron chi connectivity index (χ4n) is 1.81. The smallest absolute Gasteiger partial charge is 0.261 e. The van der Waals surface area contributed by atoms with Gasteiger partial charge in [-0.3, -0.25) is 4.79 Å². The molecule has 0 saturated heterocycles. The third kappa shape index (κ3) is 3.22. The first-order valence-electron chi connectivity index (χ1n) is 5.76. The molecule has 19 heavy (non-hydrogen) atoms. The highest BCUT2D eigenvalue weighted by Crippen LogP contribution is 2.31. The fourth-order valence-corrected chi connectivity index (χ4v) is 3.31. The lowest BCUT2D eigenvalue weighted by Gasteiger charge is -2.09. The van der Waals surface area contributed by atoms with E-state index in [1.54, 1.807) is 6.92 Å². The molecule has 0 heterocycles. The van der Waals surface area contributed by atoms with E-state index in [-0.39, 0.29) is 27.4 Å². The Kier molecular flexibility index (Phi) is 3.82. The van der Waals surface area contributed by atoms with Gasteiger partial charge in [0.1, 0.15) is 0 Å². The van der Waals surface area contributed by atoms with Gasteiger partial charge < -0.3 is 5.32 Å². The molecular weight excluding hydrogens is 309 g/mol. The molecule has 1 aromatic carbocycles. The van der Waals surface area contributed by atoms with Crippen molar-refractivity contribution < 1.29 is 13.2 Å². The van der Waals surface area contributed by atoms with E-state index in [4.69, 9.17) is 22.3 Å². The van der Waals surface area contributed by atoms with Gasteiger partial charge in [0.2, 0.25) is 0 Å². The number of carbonyl (C=O) groups is 1. The van der Waals surface area contributed by atoms with Gasteiger partial charge in [-0.25, -0.2) is 8.42 Å².